The van der Waals surface area contributed by atoms with Crippen LogP contribution in [0.1, 0.15) is 28.2 Å². The molecule has 4 rings (SSSR count). The number of aromatic amines is 2. The number of nitrogens with one attached hydrogen (secondary N) is 3. The van der Waals surface area contributed by atoms with Crippen LogP contribution in [0.25, 0.3) is 10.9 Å². The van der Waals surface area contributed by atoms with Gasteiger partial charge >= 0.3 is 0 Å². The van der Waals surface area contributed by atoms with Crippen molar-refractivity contribution in [3.63, 3.8) is 0 Å². The minimum atomic E-state index is -0.215. The summed E-state index contributed by atoms with van der Waals surface area (Å²) in [5.74, 6) is -0.159. The third-order valence-electron chi connectivity index (χ3n) is 4.34. The van der Waals surface area contributed by atoms with Crippen LogP contribution in [0.4, 0.5) is 0 Å². The third-order valence-corrected chi connectivity index (χ3v) is 4.57. The monoisotopic (exact) mass is 342 g/mol. The quantitative estimate of drug-likeness (QED) is 0.666. The Bertz CT molecular complexity index is 992. The first-order valence-electron chi connectivity index (χ1n) is 7.75. The lowest BCUT2D eigenvalue weighted by Gasteiger charge is -2.24. The van der Waals surface area contributed by atoms with Gasteiger partial charge in [0.2, 0.25) is 0 Å². The lowest BCUT2D eigenvalue weighted by Crippen LogP contribution is -2.39. The van der Waals surface area contributed by atoms with E-state index < -0.39 is 0 Å². The Morgan fingerprint density at radius 1 is 1.29 bits per heavy atom. The van der Waals surface area contributed by atoms with Crippen LogP contribution in [-0.2, 0) is 12.8 Å². The minimum Gasteiger partial charge on any atom is -0.351 e. The van der Waals surface area contributed by atoms with Gasteiger partial charge in [-0.05, 0) is 49.1 Å². The second-order valence-electron chi connectivity index (χ2n) is 6.03. The van der Waals surface area contributed by atoms with E-state index in [1.54, 1.807) is 18.2 Å². The number of hydrogen-bond acceptors (Lipinski definition) is 3. The van der Waals surface area contributed by atoms with Crippen molar-refractivity contribution in [2.75, 3.05) is 0 Å². The van der Waals surface area contributed by atoms with Gasteiger partial charge in [0, 0.05) is 28.0 Å². The Morgan fingerprint density at radius 2 is 2.17 bits per heavy atom. The molecule has 0 bridgehead atoms. The Balaban J connectivity index is 1.52. The van der Waals surface area contributed by atoms with E-state index in [-0.39, 0.29) is 17.5 Å². The highest BCUT2D eigenvalue weighted by Gasteiger charge is 2.22. The number of hydrogen-bond donors (Lipinski definition) is 3. The Morgan fingerprint density at radius 3 is 3.04 bits per heavy atom. The van der Waals surface area contributed by atoms with Crippen LogP contribution in [0.3, 0.4) is 0 Å². The van der Waals surface area contributed by atoms with Crippen molar-refractivity contribution < 1.29 is 4.79 Å². The summed E-state index contributed by atoms with van der Waals surface area (Å²) in [7, 11) is 0. The normalized spacial score (nSPS) is 16.8. The molecule has 1 aliphatic carbocycles. The predicted molar refractivity (Wildman–Crippen MR) is 91.4 cm³/mol. The van der Waals surface area contributed by atoms with Crippen LogP contribution >= 0.6 is 11.6 Å². The number of fused-ring (bicyclic) bond motifs is 2. The van der Waals surface area contributed by atoms with Gasteiger partial charge in [-0.15, -0.1) is 0 Å². The fourth-order valence-electron chi connectivity index (χ4n) is 3.15. The summed E-state index contributed by atoms with van der Waals surface area (Å²) in [6.07, 6.45) is 2.15. The van der Waals surface area contributed by atoms with Crippen LogP contribution in [0.5, 0.6) is 0 Å². The van der Waals surface area contributed by atoms with E-state index in [4.69, 9.17) is 11.6 Å². The molecule has 0 saturated carbocycles. The average molecular weight is 343 g/mol. The second kappa shape index (κ2) is 5.79. The first-order valence-corrected chi connectivity index (χ1v) is 8.13. The first kappa shape index (κ1) is 15.0. The van der Waals surface area contributed by atoms with Gasteiger partial charge in [-0.3, -0.25) is 9.59 Å². The molecule has 0 aliphatic heterocycles. The molecule has 3 N–H and O–H groups in total. The molecule has 1 aromatic carbocycles. The molecule has 0 radical (unpaired) electrons. The van der Waals surface area contributed by atoms with Crippen LogP contribution in [-0.4, -0.2) is 27.1 Å². The number of benzene rings is 1. The minimum absolute atomic E-state index is 0.0106. The fourth-order valence-corrected chi connectivity index (χ4v) is 3.33. The van der Waals surface area contributed by atoms with Gasteiger partial charge < -0.3 is 10.3 Å². The van der Waals surface area contributed by atoms with Crippen molar-refractivity contribution in [2.24, 2.45) is 0 Å². The number of aryl methyl sites for hydroxylation is 1. The molecule has 0 unspecified atom stereocenters. The van der Waals surface area contributed by atoms with Crippen molar-refractivity contribution in [2.45, 2.75) is 25.3 Å². The smallest absolute Gasteiger partial charge is 0.267 e. The van der Waals surface area contributed by atoms with Gasteiger partial charge in [-0.1, -0.05) is 11.6 Å². The average Bonchev–Trinajstić information content (AvgIpc) is 2.97. The van der Waals surface area contributed by atoms with Crippen molar-refractivity contribution in [3.05, 3.63) is 62.7 Å². The molecule has 1 amide bonds. The molecule has 0 saturated heterocycles. The van der Waals surface area contributed by atoms with Gasteiger partial charge in [-0.2, -0.15) is 5.10 Å². The maximum Gasteiger partial charge on any atom is 0.267 e. The van der Waals surface area contributed by atoms with Crippen LogP contribution in [0.15, 0.2) is 35.1 Å². The molecule has 2 aromatic heterocycles. The van der Waals surface area contributed by atoms with Crippen LogP contribution in [0, 0.1) is 0 Å². The van der Waals surface area contributed by atoms with Crippen molar-refractivity contribution in [1.82, 2.24) is 20.5 Å². The molecule has 122 valence electrons. The molecule has 1 aliphatic rings. The van der Waals surface area contributed by atoms with Gasteiger partial charge in [0.15, 0.2) is 0 Å². The number of nitrogens with zero attached hydrogens (tertiary/aromatic N) is 1. The molecular formula is C17H15ClN4O2. The molecule has 2 heterocycles. The topological polar surface area (TPSA) is 90.6 Å². The number of halogens is 1. The molecule has 24 heavy (non-hydrogen) atoms. The highest BCUT2D eigenvalue weighted by atomic mass is 35.5. The number of H-pyrrole nitrogens is 2. The molecule has 1 atom stereocenters. The molecule has 7 heteroatoms. The molecule has 3 aromatic rings. The van der Waals surface area contributed by atoms with Crippen molar-refractivity contribution in [1.29, 1.82) is 0 Å². The Hall–Kier alpha value is -2.60. The summed E-state index contributed by atoms with van der Waals surface area (Å²) < 4.78 is 0. The van der Waals surface area contributed by atoms with Crippen molar-refractivity contribution in [3.8, 4) is 0 Å². The summed E-state index contributed by atoms with van der Waals surface area (Å²) in [4.78, 5) is 27.0. The highest BCUT2D eigenvalue weighted by Crippen LogP contribution is 2.21. The zero-order valence-corrected chi connectivity index (χ0v) is 13.5. The Kier molecular flexibility index (Phi) is 3.61. The van der Waals surface area contributed by atoms with E-state index in [0.29, 0.717) is 17.1 Å². The summed E-state index contributed by atoms with van der Waals surface area (Å²) >= 11 is 5.98. The summed E-state index contributed by atoms with van der Waals surface area (Å²) in [5, 5.41) is 11.1. The summed E-state index contributed by atoms with van der Waals surface area (Å²) in [6, 6.07) is 8.79. The summed E-state index contributed by atoms with van der Waals surface area (Å²) in [5.41, 5.74) is 2.96. The van der Waals surface area contributed by atoms with E-state index in [1.165, 1.54) is 0 Å². The highest BCUT2D eigenvalue weighted by molar-refractivity contribution is 6.31. The number of rotatable bonds is 2. The number of aromatic nitrogens is 3. The molecular weight excluding hydrogens is 328 g/mol. The largest absolute Gasteiger partial charge is 0.351 e. The van der Waals surface area contributed by atoms with Gasteiger partial charge in [0.1, 0.15) is 5.69 Å². The van der Waals surface area contributed by atoms with E-state index in [9.17, 15) is 9.59 Å². The third kappa shape index (κ3) is 2.80. The SMILES string of the molecule is O=C(N[C@H]1CCc2n[nH]c(=O)cc2C1)c1cc2cc(Cl)ccc2[nH]1. The van der Waals surface area contributed by atoms with Gasteiger partial charge in [0.25, 0.3) is 11.5 Å². The van der Waals surface area contributed by atoms with E-state index in [0.717, 1.165) is 35.0 Å². The number of amides is 1. The zero-order chi connectivity index (χ0) is 16.7. The Labute approximate surface area is 142 Å². The maximum atomic E-state index is 12.5. The lowest BCUT2D eigenvalue weighted by molar-refractivity contribution is 0.0929. The number of carbonyl (C=O) groups is 1. The summed E-state index contributed by atoms with van der Waals surface area (Å²) in [6.45, 7) is 0. The van der Waals surface area contributed by atoms with Crippen molar-refractivity contribution >= 4 is 28.4 Å². The molecule has 0 spiro atoms. The first-order chi connectivity index (χ1) is 11.6. The van der Waals surface area contributed by atoms with Crippen LogP contribution in [0.2, 0.25) is 5.02 Å². The standard InChI is InChI=1S/C17H15ClN4O2/c18-11-1-3-13-9(5-11)7-15(20-13)17(24)19-12-2-4-14-10(6-12)8-16(23)22-21-14/h1,3,5,7-8,12,20H,2,4,6H2,(H,19,24)(H,22,23)/t12-/m0/s1. The maximum absolute atomic E-state index is 12.5. The lowest BCUT2D eigenvalue weighted by atomic mass is 9.92. The van der Waals surface area contributed by atoms with E-state index in [1.807, 2.05) is 12.1 Å². The predicted octanol–water partition coefficient (Wildman–Crippen LogP) is 2.19. The fraction of sp³-hybridized carbons (Fsp3) is 0.235. The van der Waals surface area contributed by atoms with Gasteiger partial charge in [-0.25, -0.2) is 5.10 Å². The van der Waals surface area contributed by atoms with E-state index >= 15 is 0 Å². The zero-order valence-electron chi connectivity index (χ0n) is 12.7. The number of carbonyl (C=O) groups excluding carboxylic acids is 1. The van der Waals surface area contributed by atoms with Gasteiger partial charge in [0.05, 0.1) is 5.69 Å². The van der Waals surface area contributed by atoms with Crippen LogP contribution < -0.4 is 10.9 Å². The molecule has 6 nitrogen and oxygen atoms in total. The second-order valence-corrected chi connectivity index (χ2v) is 6.47. The molecule has 0 fully saturated rings. The van der Waals surface area contributed by atoms with E-state index in [2.05, 4.69) is 20.5 Å².